The summed E-state index contributed by atoms with van der Waals surface area (Å²) < 4.78 is 111. The second-order valence-electron chi connectivity index (χ2n) is 24.8. The first-order chi connectivity index (χ1) is 52.4. The van der Waals surface area contributed by atoms with Crippen molar-refractivity contribution in [2.24, 2.45) is 23.7 Å². The quantitative estimate of drug-likeness (QED) is 0.0196. The van der Waals surface area contributed by atoms with E-state index in [1.165, 1.54) is 56.9 Å². The molecule has 8 aromatic rings. The van der Waals surface area contributed by atoms with Crippen molar-refractivity contribution < 1.29 is 114 Å². The first-order valence-corrected chi connectivity index (χ1v) is 34.8. The van der Waals surface area contributed by atoms with Crippen LogP contribution in [0.3, 0.4) is 0 Å². The van der Waals surface area contributed by atoms with E-state index in [-0.39, 0.29) is 50.1 Å². The van der Waals surface area contributed by atoms with Gasteiger partial charge < -0.3 is 94.7 Å². The number of carbonyl (C=O) groups is 4. The van der Waals surface area contributed by atoms with Crippen molar-refractivity contribution >= 4 is 23.9 Å². The summed E-state index contributed by atoms with van der Waals surface area (Å²) in [6.45, 7) is 0.503. The van der Waals surface area contributed by atoms with E-state index < -0.39 is 23.9 Å². The zero-order valence-electron chi connectivity index (χ0n) is 64.4. The Kier molecular flexibility index (Phi) is 33.5. The molecule has 0 aliphatic rings. The zero-order valence-corrected chi connectivity index (χ0v) is 64.4. The van der Waals surface area contributed by atoms with Crippen molar-refractivity contribution in [3.05, 3.63) is 190 Å². The van der Waals surface area contributed by atoms with Gasteiger partial charge in [0, 0.05) is 36.1 Å². The lowest BCUT2D eigenvalue weighted by Gasteiger charge is -2.28. The summed E-state index contributed by atoms with van der Waals surface area (Å²) in [6, 6.07) is 42.8. The summed E-state index contributed by atoms with van der Waals surface area (Å²) in [5, 5.41) is 0. The molecule has 24 heteroatoms. The van der Waals surface area contributed by atoms with Gasteiger partial charge in [-0.2, -0.15) is 0 Å². The van der Waals surface area contributed by atoms with Crippen molar-refractivity contribution in [1.82, 2.24) is 0 Å². The Bertz CT molecular complexity index is 3850. The van der Waals surface area contributed by atoms with Gasteiger partial charge in [0.05, 0.1) is 162 Å². The minimum Gasteiger partial charge on any atom is -0.497 e. The predicted molar refractivity (Wildman–Crippen MR) is 405 cm³/mol. The molecule has 108 heavy (non-hydrogen) atoms. The van der Waals surface area contributed by atoms with Crippen LogP contribution < -0.4 is 75.8 Å². The van der Waals surface area contributed by atoms with E-state index in [0.717, 1.165) is 22.3 Å². The third-order valence-corrected chi connectivity index (χ3v) is 18.2. The molecule has 0 unspecified atom stereocenters. The number of ether oxygens (including phenoxy) is 20. The Morgan fingerprint density at radius 3 is 0.639 bits per heavy atom. The Morgan fingerprint density at radius 1 is 0.231 bits per heavy atom. The van der Waals surface area contributed by atoms with E-state index in [9.17, 15) is 19.2 Å². The van der Waals surface area contributed by atoms with E-state index in [2.05, 4.69) is 0 Å². The van der Waals surface area contributed by atoms with Crippen molar-refractivity contribution in [1.29, 1.82) is 0 Å². The van der Waals surface area contributed by atoms with Crippen LogP contribution >= 0.6 is 0 Å². The van der Waals surface area contributed by atoms with Crippen LogP contribution in [0.25, 0.3) is 0 Å². The van der Waals surface area contributed by atoms with Crippen LogP contribution in [0, 0.1) is 23.7 Å². The molecule has 0 aliphatic heterocycles. The molecule has 0 aromatic heterocycles. The molecule has 0 heterocycles. The lowest BCUT2D eigenvalue weighted by Crippen LogP contribution is -2.27. The van der Waals surface area contributed by atoms with Gasteiger partial charge >= 0.3 is 23.9 Å². The molecule has 4 atom stereocenters. The Balaban J connectivity index is 0.000000301. The van der Waals surface area contributed by atoms with Crippen LogP contribution in [0.4, 0.5) is 0 Å². The fourth-order valence-electron chi connectivity index (χ4n) is 12.4. The highest BCUT2D eigenvalue weighted by Gasteiger charge is 2.29. The summed E-state index contributed by atoms with van der Waals surface area (Å²) in [6.07, 6.45) is 4.61. The van der Waals surface area contributed by atoms with Gasteiger partial charge in [-0.25, -0.2) is 19.2 Å². The highest BCUT2D eigenvalue weighted by atomic mass is 16.6. The van der Waals surface area contributed by atoms with Gasteiger partial charge in [0.15, 0.2) is 46.0 Å². The molecule has 0 radical (unpaired) electrons. The average molecular weight is 1490 g/mol. The zero-order chi connectivity index (χ0) is 78.1. The Labute approximate surface area is 632 Å². The van der Waals surface area contributed by atoms with Gasteiger partial charge in [-0.15, -0.1) is 0 Å². The molecule has 0 fully saturated rings. The van der Waals surface area contributed by atoms with Gasteiger partial charge in [0.1, 0.15) is 46.0 Å². The van der Waals surface area contributed by atoms with Crippen LogP contribution in [0.15, 0.2) is 146 Å². The number of esters is 4. The van der Waals surface area contributed by atoms with Crippen molar-refractivity contribution in [3.8, 4) is 92.0 Å². The highest BCUT2D eigenvalue weighted by Crippen LogP contribution is 2.38. The van der Waals surface area contributed by atoms with Crippen LogP contribution in [0.2, 0.25) is 0 Å². The first kappa shape index (κ1) is 83.7. The number of carbonyl (C=O) groups excluding carboxylic acids is 4. The minimum atomic E-state index is -0.517. The maximum atomic E-state index is 13.5. The summed E-state index contributed by atoms with van der Waals surface area (Å²) in [4.78, 5) is 53.3. The molecular weight excluding hydrogens is 1390 g/mol. The van der Waals surface area contributed by atoms with Gasteiger partial charge in [0.25, 0.3) is 0 Å². The van der Waals surface area contributed by atoms with Crippen LogP contribution in [0.5, 0.6) is 92.0 Å². The Morgan fingerprint density at radius 2 is 0.435 bits per heavy atom. The van der Waals surface area contributed by atoms with Crippen molar-refractivity contribution in [3.63, 3.8) is 0 Å². The summed E-state index contributed by atoms with van der Waals surface area (Å²) >= 11 is 0. The molecule has 8 aromatic carbocycles. The van der Waals surface area contributed by atoms with E-state index in [1.54, 1.807) is 130 Å². The molecule has 0 aliphatic carbocycles. The minimum absolute atomic E-state index is 0.0561. The molecule has 0 spiro atoms. The molecule has 8 rings (SSSR count). The van der Waals surface area contributed by atoms with E-state index >= 15 is 0 Å². The largest absolute Gasteiger partial charge is 0.497 e. The number of hydrogen-bond acceptors (Lipinski definition) is 24. The lowest BCUT2D eigenvalue weighted by atomic mass is 9.80. The van der Waals surface area contributed by atoms with Crippen LogP contribution in [-0.4, -0.2) is 164 Å². The van der Waals surface area contributed by atoms with Crippen molar-refractivity contribution in [2.45, 2.75) is 51.4 Å². The highest BCUT2D eigenvalue weighted by molar-refractivity contribution is 5.92. The molecule has 0 saturated heterocycles. The van der Waals surface area contributed by atoms with Gasteiger partial charge in [-0.3, -0.25) is 0 Å². The van der Waals surface area contributed by atoms with Gasteiger partial charge in [-0.05, 0) is 183 Å². The third kappa shape index (κ3) is 24.2. The maximum absolute atomic E-state index is 13.5. The number of benzene rings is 8. The summed E-state index contributed by atoms with van der Waals surface area (Å²) in [5.41, 5.74) is 5.17. The summed E-state index contributed by atoms with van der Waals surface area (Å²) in [5.74, 6) is 6.12. The second-order valence-corrected chi connectivity index (χ2v) is 24.8. The maximum Gasteiger partial charge on any atom is 0.338 e. The molecule has 0 amide bonds. The number of rotatable bonds is 42. The van der Waals surface area contributed by atoms with Crippen LogP contribution in [0.1, 0.15) is 89.4 Å². The average Bonchev–Trinajstić information content (AvgIpc) is 0.827. The lowest BCUT2D eigenvalue weighted by molar-refractivity contribution is 0.0358. The molecule has 580 valence electrons. The fourth-order valence-corrected chi connectivity index (χ4v) is 12.4. The standard InChI is InChI=1S/2C42H50O12/c2*1-45-33-20-30(21-34(24-33)46-2)41(43)53-15-9-10-29(16-27-11-13-37(49-5)39(18-27)51-7)32(17-28-12-14-38(50-6)40(19-28)52-8)26-54-42(44)31-22-35(47-3)25-36(23-31)48-4/h2*11-14,18-25,29,32H,9-10,15-17,26H2,1-8H3/t2*29-,32+/m10/s1. The third-order valence-electron chi connectivity index (χ3n) is 18.2. The fraction of sp³-hybridized carbons (Fsp3) is 0.381. The predicted octanol–water partition coefficient (Wildman–Crippen LogP) is 14.5. The molecule has 24 nitrogen and oxygen atoms in total. The molecular formula is C84H100O24. The molecule has 0 saturated carbocycles. The molecule has 0 N–H and O–H groups in total. The SMILES string of the molecule is COc1cc(OC)cc(C(=O)OCCC[C@@H](Cc2ccc(OC)c(OC)c2)[C@@H](COC(=O)c2cc(OC)cc(OC)c2)Cc2ccc(OC)c(OC)c2)c1.COc1cc(OC)cc(C(=O)OCCC[C@H](Cc2ccc(OC)c(OC)c2)[C@H](COC(=O)c2cc(OC)cc(OC)c2)Cc2ccc(OC)c(OC)c2)c1. The first-order valence-electron chi connectivity index (χ1n) is 34.8. The topological polar surface area (TPSA) is 253 Å². The normalized spacial score (nSPS) is 11.8. The van der Waals surface area contributed by atoms with E-state index in [4.69, 9.17) is 94.7 Å². The van der Waals surface area contributed by atoms with Crippen molar-refractivity contribution in [2.75, 3.05) is 140 Å². The summed E-state index contributed by atoms with van der Waals surface area (Å²) in [7, 11) is 24.9. The van der Waals surface area contributed by atoms with E-state index in [1.807, 2.05) is 72.8 Å². The smallest absolute Gasteiger partial charge is 0.338 e. The van der Waals surface area contributed by atoms with Gasteiger partial charge in [0.2, 0.25) is 0 Å². The number of methoxy groups -OCH3 is 16. The number of hydrogen-bond donors (Lipinski definition) is 0. The van der Waals surface area contributed by atoms with E-state index in [0.29, 0.717) is 166 Å². The van der Waals surface area contributed by atoms with Crippen LogP contribution in [-0.2, 0) is 44.6 Å². The Hall–Kier alpha value is -11.6. The second kappa shape index (κ2) is 43.2. The van der Waals surface area contributed by atoms with Gasteiger partial charge in [-0.1, -0.05) is 24.3 Å². The monoisotopic (exact) mass is 1490 g/mol. The molecule has 0 bridgehead atoms.